The van der Waals surface area contributed by atoms with Gasteiger partial charge in [-0.3, -0.25) is 4.79 Å². The molecule has 0 radical (unpaired) electrons. The van der Waals surface area contributed by atoms with Crippen molar-refractivity contribution in [3.63, 3.8) is 0 Å². The van der Waals surface area contributed by atoms with Crippen LogP contribution in [0.5, 0.6) is 0 Å². The second-order valence-electron chi connectivity index (χ2n) is 6.85. The zero-order valence-electron chi connectivity index (χ0n) is 14.6. The topological polar surface area (TPSA) is 54.5 Å². The number of rotatable bonds is 5. The molecule has 25 heavy (non-hydrogen) atoms. The molecule has 1 amide bonds. The van der Waals surface area contributed by atoms with E-state index in [1.54, 1.807) is 4.90 Å². The zero-order chi connectivity index (χ0) is 18.0. The molecule has 0 fully saturated rings. The van der Waals surface area contributed by atoms with Gasteiger partial charge >= 0.3 is 0 Å². The van der Waals surface area contributed by atoms with E-state index in [-0.39, 0.29) is 11.7 Å². The van der Waals surface area contributed by atoms with Gasteiger partial charge in [0.25, 0.3) is 0 Å². The minimum Gasteiger partial charge on any atom is -0.311 e. The Labute approximate surface area is 149 Å². The number of sulfone groups is 1. The van der Waals surface area contributed by atoms with Crippen LogP contribution >= 0.6 is 0 Å². The van der Waals surface area contributed by atoms with Gasteiger partial charge in [0.15, 0.2) is 9.84 Å². The molecule has 0 bridgehead atoms. The van der Waals surface area contributed by atoms with Crippen molar-refractivity contribution in [3.05, 3.63) is 65.2 Å². The largest absolute Gasteiger partial charge is 0.311 e. The molecule has 0 N–H and O–H groups in total. The fourth-order valence-electron chi connectivity index (χ4n) is 3.17. The lowest BCUT2D eigenvalue weighted by atomic mass is 10.0. The van der Waals surface area contributed by atoms with E-state index in [0.29, 0.717) is 12.5 Å². The molecule has 2 aromatic rings. The first-order valence-electron chi connectivity index (χ1n) is 8.53. The molecule has 0 atom stereocenters. The van der Waals surface area contributed by atoms with Crippen LogP contribution in [0.2, 0.25) is 0 Å². The summed E-state index contributed by atoms with van der Waals surface area (Å²) in [5.41, 5.74) is 3.83. The standard InChI is InChI=1S/C20H23NO3S/c1-15(2)17-9-7-16(8-10-17)13-25(23,24)14-20(22)21-12-11-18-5-3-4-6-19(18)21/h3-10,15H,11-14H2,1-2H3. The monoisotopic (exact) mass is 357 g/mol. The van der Waals surface area contributed by atoms with E-state index in [1.165, 1.54) is 5.56 Å². The predicted octanol–water partition coefficient (Wildman–Crippen LogP) is 3.31. The van der Waals surface area contributed by atoms with E-state index in [2.05, 4.69) is 13.8 Å². The number of fused-ring (bicyclic) bond motifs is 1. The highest BCUT2D eigenvalue weighted by Gasteiger charge is 2.27. The Morgan fingerprint density at radius 2 is 1.76 bits per heavy atom. The number of para-hydroxylation sites is 1. The molecule has 1 heterocycles. The van der Waals surface area contributed by atoms with Crippen molar-refractivity contribution < 1.29 is 13.2 Å². The predicted molar refractivity (Wildman–Crippen MR) is 101 cm³/mol. The zero-order valence-corrected chi connectivity index (χ0v) is 15.4. The smallest absolute Gasteiger partial charge is 0.242 e. The number of hydrogen-bond acceptors (Lipinski definition) is 3. The van der Waals surface area contributed by atoms with Gasteiger partial charge in [0.1, 0.15) is 5.75 Å². The highest BCUT2D eigenvalue weighted by Crippen LogP contribution is 2.27. The lowest BCUT2D eigenvalue weighted by Gasteiger charge is -2.17. The number of amides is 1. The normalized spacial score (nSPS) is 14.0. The first-order valence-corrected chi connectivity index (χ1v) is 10.4. The van der Waals surface area contributed by atoms with Crippen molar-refractivity contribution in [2.24, 2.45) is 0 Å². The summed E-state index contributed by atoms with van der Waals surface area (Å²) in [6, 6.07) is 15.2. The highest BCUT2D eigenvalue weighted by atomic mass is 32.2. The number of carbonyl (C=O) groups is 1. The average Bonchev–Trinajstić information content (AvgIpc) is 2.98. The Balaban J connectivity index is 1.68. The van der Waals surface area contributed by atoms with Gasteiger partial charge in [0.05, 0.1) is 5.75 Å². The van der Waals surface area contributed by atoms with Gasteiger partial charge in [0, 0.05) is 12.2 Å². The summed E-state index contributed by atoms with van der Waals surface area (Å²) in [5, 5.41) is 0. The minimum absolute atomic E-state index is 0.105. The highest BCUT2D eigenvalue weighted by molar-refractivity contribution is 7.91. The van der Waals surface area contributed by atoms with E-state index >= 15 is 0 Å². The second kappa shape index (κ2) is 7.00. The van der Waals surface area contributed by atoms with Crippen LogP contribution in [0.15, 0.2) is 48.5 Å². The Hall–Kier alpha value is -2.14. The molecule has 0 saturated heterocycles. The molecule has 0 saturated carbocycles. The summed E-state index contributed by atoms with van der Waals surface area (Å²) in [5.74, 6) is -0.494. The number of nitrogens with zero attached hydrogens (tertiary/aromatic N) is 1. The summed E-state index contributed by atoms with van der Waals surface area (Å²) < 4.78 is 24.9. The van der Waals surface area contributed by atoms with E-state index < -0.39 is 15.6 Å². The number of carbonyl (C=O) groups excluding carboxylic acids is 1. The van der Waals surface area contributed by atoms with Crippen LogP contribution in [0, 0.1) is 0 Å². The molecule has 0 aromatic heterocycles. The lowest BCUT2D eigenvalue weighted by Crippen LogP contribution is -2.34. The van der Waals surface area contributed by atoms with Crippen LogP contribution in [-0.4, -0.2) is 26.6 Å². The molecule has 1 aliphatic rings. The van der Waals surface area contributed by atoms with Crippen molar-refractivity contribution in [1.29, 1.82) is 0 Å². The molecule has 2 aromatic carbocycles. The SMILES string of the molecule is CC(C)c1ccc(CS(=O)(=O)CC(=O)N2CCc3ccccc32)cc1. The first-order chi connectivity index (χ1) is 11.9. The third-order valence-electron chi connectivity index (χ3n) is 4.56. The average molecular weight is 357 g/mol. The molecule has 0 spiro atoms. The molecular formula is C20H23NO3S. The third-order valence-corrected chi connectivity index (χ3v) is 6.02. The summed E-state index contributed by atoms with van der Waals surface area (Å²) in [6.45, 7) is 4.74. The van der Waals surface area contributed by atoms with Crippen LogP contribution in [0.1, 0.15) is 36.5 Å². The number of anilines is 1. The lowest BCUT2D eigenvalue weighted by molar-refractivity contribution is -0.116. The molecule has 1 aliphatic heterocycles. The van der Waals surface area contributed by atoms with Gasteiger partial charge in [-0.2, -0.15) is 0 Å². The van der Waals surface area contributed by atoms with E-state index in [1.807, 2.05) is 48.5 Å². The molecule has 5 heteroatoms. The number of hydrogen-bond donors (Lipinski definition) is 0. The molecule has 0 unspecified atom stereocenters. The van der Waals surface area contributed by atoms with Gasteiger partial charge in [-0.25, -0.2) is 8.42 Å². The van der Waals surface area contributed by atoms with Crippen molar-refractivity contribution in [3.8, 4) is 0 Å². The second-order valence-corrected chi connectivity index (χ2v) is 8.92. The maximum absolute atomic E-state index is 12.5. The van der Waals surface area contributed by atoms with Crippen LogP contribution in [0.4, 0.5) is 5.69 Å². The Morgan fingerprint density at radius 1 is 1.08 bits per heavy atom. The van der Waals surface area contributed by atoms with Gasteiger partial charge in [-0.15, -0.1) is 0 Å². The minimum atomic E-state index is -3.50. The van der Waals surface area contributed by atoms with E-state index in [4.69, 9.17) is 0 Å². The first kappa shape index (κ1) is 17.7. The van der Waals surface area contributed by atoms with Gasteiger partial charge in [-0.05, 0) is 35.1 Å². The summed E-state index contributed by atoms with van der Waals surface area (Å²) in [7, 11) is -3.50. The van der Waals surface area contributed by atoms with Crippen molar-refractivity contribution >= 4 is 21.4 Å². The fraction of sp³-hybridized carbons (Fsp3) is 0.350. The Kier molecular flexibility index (Phi) is 4.95. The van der Waals surface area contributed by atoms with Crippen molar-refractivity contribution in [1.82, 2.24) is 0 Å². The maximum atomic E-state index is 12.5. The van der Waals surface area contributed by atoms with Crippen LogP contribution in [-0.2, 0) is 26.8 Å². The maximum Gasteiger partial charge on any atom is 0.242 e. The van der Waals surface area contributed by atoms with E-state index in [0.717, 1.165) is 23.2 Å². The Morgan fingerprint density at radius 3 is 2.44 bits per heavy atom. The fourth-order valence-corrected chi connectivity index (χ4v) is 4.50. The van der Waals surface area contributed by atoms with Crippen molar-refractivity contribution in [2.75, 3.05) is 17.2 Å². The molecule has 4 nitrogen and oxygen atoms in total. The summed E-state index contributed by atoms with van der Waals surface area (Å²) in [4.78, 5) is 14.1. The number of benzene rings is 2. The van der Waals surface area contributed by atoms with Gasteiger partial charge in [0.2, 0.25) is 5.91 Å². The molecular weight excluding hydrogens is 334 g/mol. The third kappa shape index (κ3) is 4.10. The molecule has 132 valence electrons. The van der Waals surface area contributed by atoms with Gasteiger partial charge in [-0.1, -0.05) is 56.3 Å². The summed E-state index contributed by atoms with van der Waals surface area (Å²) in [6.07, 6.45) is 0.776. The molecule has 3 rings (SSSR count). The summed E-state index contributed by atoms with van der Waals surface area (Å²) >= 11 is 0. The van der Waals surface area contributed by atoms with Crippen molar-refractivity contribution in [2.45, 2.75) is 31.9 Å². The van der Waals surface area contributed by atoms with Gasteiger partial charge < -0.3 is 4.90 Å². The quantitative estimate of drug-likeness (QED) is 0.825. The van der Waals surface area contributed by atoms with E-state index in [9.17, 15) is 13.2 Å². The van der Waals surface area contributed by atoms with Crippen LogP contribution in [0.3, 0.4) is 0 Å². The van der Waals surface area contributed by atoms with Crippen LogP contribution < -0.4 is 4.90 Å². The Bertz CT molecular complexity index is 870. The molecule has 0 aliphatic carbocycles. The van der Waals surface area contributed by atoms with Crippen LogP contribution in [0.25, 0.3) is 0 Å².